The number of carbonyl (C=O) groups excluding carboxylic acids is 2. The predicted octanol–water partition coefficient (Wildman–Crippen LogP) is 0.709. The fraction of sp³-hybridized carbons (Fsp3) is 0.364. The molecule has 1 aromatic heterocycles. The van der Waals surface area contributed by atoms with Crippen molar-refractivity contribution in [3.05, 3.63) is 29.6 Å². The molecule has 1 amide bonds. The molecule has 4 nitrogen and oxygen atoms in total. The normalized spacial score (nSPS) is 20.1. The lowest BCUT2D eigenvalue weighted by Crippen LogP contribution is -2.25. The van der Waals surface area contributed by atoms with Crippen LogP contribution in [0, 0.1) is 12.8 Å². The second-order valence-electron chi connectivity index (χ2n) is 3.68. The zero-order valence-electron chi connectivity index (χ0n) is 8.49. The van der Waals surface area contributed by atoms with E-state index in [4.69, 9.17) is 0 Å². The molecule has 0 aliphatic carbocycles. The van der Waals surface area contributed by atoms with Gasteiger partial charge in [-0.15, -0.1) is 0 Å². The lowest BCUT2D eigenvalue weighted by molar-refractivity contribution is -0.121. The van der Waals surface area contributed by atoms with Gasteiger partial charge >= 0.3 is 0 Å². The van der Waals surface area contributed by atoms with Crippen LogP contribution in [0.15, 0.2) is 18.3 Å². The van der Waals surface area contributed by atoms with Crippen molar-refractivity contribution < 1.29 is 9.59 Å². The molecule has 1 fully saturated rings. The van der Waals surface area contributed by atoms with Gasteiger partial charge in [-0.05, 0) is 25.5 Å². The quantitative estimate of drug-likeness (QED) is 0.570. The van der Waals surface area contributed by atoms with Gasteiger partial charge in [0.25, 0.3) is 0 Å². The Balaban J connectivity index is 2.20. The summed E-state index contributed by atoms with van der Waals surface area (Å²) in [6, 6.07) is 3.50. The van der Waals surface area contributed by atoms with Crippen LogP contribution in [-0.2, 0) is 4.79 Å². The summed E-state index contributed by atoms with van der Waals surface area (Å²) in [5, 5.41) is 2.65. The molecule has 1 aliphatic heterocycles. The van der Waals surface area contributed by atoms with Crippen LogP contribution in [0.1, 0.15) is 22.5 Å². The largest absolute Gasteiger partial charge is 0.355 e. The summed E-state index contributed by atoms with van der Waals surface area (Å²) in [7, 11) is 0. The highest BCUT2D eigenvalue weighted by Crippen LogP contribution is 2.16. The van der Waals surface area contributed by atoms with Gasteiger partial charge in [0.1, 0.15) is 5.92 Å². The lowest BCUT2D eigenvalue weighted by atomic mass is 9.97. The van der Waals surface area contributed by atoms with Crippen LogP contribution in [0.25, 0.3) is 0 Å². The van der Waals surface area contributed by atoms with E-state index in [1.165, 1.54) is 6.20 Å². The van der Waals surface area contributed by atoms with Crippen LogP contribution >= 0.6 is 0 Å². The standard InChI is InChI=1S/C11H12N2O2/c1-7-2-3-8(6-13-7)10(14)9-4-5-12-11(9)15/h2-3,6,9H,4-5H2,1H3,(H,12,15)/t9-/m0/s1. The molecule has 15 heavy (non-hydrogen) atoms. The minimum absolute atomic E-state index is 0.127. The number of rotatable bonds is 2. The number of nitrogens with one attached hydrogen (secondary N) is 1. The number of aryl methyl sites for hydroxylation is 1. The third-order valence-corrected chi connectivity index (χ3v) is 2.56. The summed E-state index contributed by atoms with van der Waals surface area (Å²) in [6.45, 7) is 2.45. The van der Waals surface area contributed by atoms with Crippen molar-refractivity contribution in [1.82, 2.24) is 10.3 Å². The molecule has 0 saturated carbocycles. The number of hydrogen-bond donors (Lipinski definition) is 1. The first-order valence-electron chi connectivity index (χ1n) is 4.93. The van der Waals surface area contributed by atoms with E-state index < -0.39 is 5.92 Å². The maximum Gasteiger partial charge on any atom is 0.231 e. The Morgan fingerprint density at radius 2 is 2.33 bits per heavy atom. The third kappa shape index (κ3) is 1.88. The van der Waals surface area contributed by atoms with Gasteiger partial charge in [0, 0.05) is 24.0 Å². The molecule has 1 atom stereocenters. The molecule has 1 saturated heterocycles. The molecular weight excluding hydrogens is 192 g/mol. The SMILES string of the molecule is Cc1ccc(C(=O)[C@@H]2CCNC2=O)cn1. The van der Waals surface area contributed by atoms with Gasteiger partial charge in [0.05, 0.1) is 0 Å². The fourth-order valence-electron chi connectivity index (χ4n) is 1.66. The molecule has 4 heteroatoms. The molecule has 2 rings (SSSR count). The predicted molar refractivity (Wildman–Crippen MR) is 54.4 cm³/mol. The maximum absolute atomic E-state index is 11.9. The smallest absolute Gasteiger partial charge is 0.231 e. The average molecular weight is 204 g/mol. The summed E-state index contributed by atoms with van der Waals surface area (Å²) >= 11 is 0. The van der Waals surface area contributed by atoms with E-state index in [1.807, 2.05) is 6.92 Å². The van der Waals surface area contributed by atoms with Crippen LogP contribution in [0.5, 0.6) is 0 Å². The summed E-state index contributed by atoms with van der Waals surface area (Å²) in [5.41, 5.74) is 1.38. The Bertz CT molecular complexity index is 398. The lowest BCUT2D eigenvalue weighted by Gasteiger charge is -2.05. The van der Waals surface area contributed by atoms with E-state index >= 15 is 0 Å². The van der Waals surface area contributed by atoms with Gasteiger partial charge < -0.3 is 5.32 Å². The van der Waals surface area contributed by atoms with Crippen molar-refractivity contribution in [3.63, 3.8) is 0 Å². The van der Waals surface area contributed by atoms with Crippen molar-refractivity contribution in [2.75, 3.05) is 6.54 Å². The monoisotopic (exact) mass is 204 g/mol. The molecule has 0 bridgehead atoms. The molecule has 78 valence electrons. The van der Waals surface area contributed by atoms with Crippen LogP contribution < -0.4 is 5.32 Å². The number of amides is 1. The van der Waals surface area contributed by atoms with E-state index in [9.17, 15) is 9.59 Å². The van der Waals surface area contributed by atoms with Gasteiger partial charge in [-0.2, -0.15) is 0 Å². The zero-order valence-corrected chi connectivity index (χ0v) is 8.49. The second-order valence-corrected chi connectivity index (χ2v) is 3.68. The molecule has 1 aromatic rings. The Morgan fingerprint density at radius 3 is 2.87 bits per heavy atom. The number of nitrogens with zero attached hydrogens (tertiary/aromatic N) is 1. The van der Waals surface area contributed by atoms with Gasteiger partial charge in [-0.25, -0.2) is 0 Å². The highest BCUT2D eigenvalue weighted by atomic mass is 16.2. The van der Waals surface area contributed by atoms with Crippen LogP contribution in [0.3, 0.4) is 0 Å². The Hall–Kier alpha value is -1.71. The molecule has 1 N–H and O–H groups in total. The van der Waals surface area contributed by atoms with Gasteiger partial charge in [-0.1, -0.05) is 0 Å². The first-order valence-corrected chi connectivity index (χ1v) is 4.93. The van der Waals surface area contributed by atoms with Gasteiger partial charge in [0.15, 0.2) is 5.78 Å². The summed E-state index contributed by atoms with van der Waals surface area (Å²) in [4.78, 5) is 27.2. The van der Waals surface area contributed by atoms with Crippen LogP contribution in [-0.4, -0.2) is 23.2 Å². The second kappa shape index (κ2) is 3.81. The molecule has 0 spiro atoms. The molecular formula is C11H12N2O2. The molecule has 1 aliphatic rings. The van der Waals surface area contributed by atoms with Crippen molar-refractivity contribution in [2.24, 2.45) is 5.92 Å². The van der Waals surface area contributed by atoms with Crippen molar-refractivity contribution >= 4 is 11.7 Å². The van der Waals surface area contributed by atoms with E-state index in [0.29, 0.717) is 18.5 Å². The van der Waals surface area contributed by atoms with E-state index in [2.05, 4.69) is 10.3 Å². The molecule has 0 radical (unpaired) electrons. The minimum atomic E-state index is -0.519. The zero-order chi connectivity index (χ0) is 10.8. The highest BCUT2D eigenvalue weighted by molar-refractivity contribution is 6.10. The summed E-state index contributed by atoms with van der Waals surface area (Å²) in [5.74, 6) is -0.812. The molecule has 0 unspecified atom stereocenters. The number of Topliss-reactive ketones (excluding diaryl/α,β-unsaturated/α-hetero) is 1. The number of aromatic nitrogens is 1. The average Bonchev–Trinajstić information content (AvgIpc) is 2.65. The number of hydrogen-bond acceptors (Lipinski definition) is 3. The van der Waals surface area contributed by atoms with Crippen molar-refractivity contribution in [1.29, 1.82) is 0 Å². The Kier molecular flexibility index (Phi) is 2.49. The maximum atomic E-state index is 11.9. The highest BCUT2D eigenvalue weighted by Gasteiger charge is 2.31. The van der Waals surface area contributed by atoms with Crippen LogP contribution in [0.4, 0.5) is 0 Å². The minimum Gasteiger partial charge on any atom is -0.355 e. The first kappa shape index (κ1) is 9.83. The third-order valence-electron chi connectivity index (χ3n) is 2.56. The summed E-state index contributed by atoms with van der Waals surface area (Å²) in [6.07, 6.45) is 2.12. The van der Waals surface area contributed by atoms with E-state index in [1.54, 1.807) is 12.1 Å². The number of ketones is 1. The number of pyridine rings is 1. The fourth-order valence-corrected chi connectivity index (χ4v) is 1.66. The Labute approximate surface area is 87.7 Å². The van der Waals surface area contributed by atoms with Crippen LogP contribution in [0.2, 0.25) is 0 Å². The first-order chi connectivity index (χ1) is 7.18. The number of carbonyl (C=O) groups is 2. The van der Waals surface area contributed by atoms with Gasteiger partial charge in [-0.3, -0.25) is 14.6 Å². The van der Waals surface area contributed by atoms with Crippen molar-refractivity contribution in [2.45, 2.75) is 13.3 Å². The summed E-state index contributed by atoms with van der Waals surface area (Å²) < 4.78 is 0. The molecule has 2 heterocycles. The molecule has 0 aromatic carbocycles. The van der Waals surface area contributed by atoms with E-state index in [0.717, 1.165) is 5.69 Å². The van der Waals surface area contributed by atoms with Gasteiger partial charge in [0.2, 0.25) is 5.91 Å². The Morgan fingerprint density at radius 1 is 1.53 bits per heavy atom. The van der Waals surface area contributed by atoms with Crippen molar-refractivity contribution in [3.8, 4) is 0 Å². The topological polar surface area (TPSA) is 59.1 Å². The van der Waals surface area contributed by atoms with E-state index in [-0.39, 0.29) is 11.7 Å².